The van der Waals surface area contributed by atoms with E-state index in [4.69, 9.17) is 0 Å². The third-order valence-corrected chi connectivity index (χ3v) is 2.10. The molecule has 0 fully saturated rings. The summed E-state index contributed by atoms with van der Waals surface area (Å²) in [4.78, 5) is 10.5. The summed E-state index contributed by atoms with van der Waals surface area (Å²) in [7, 11) is 0. The van der Waals surface area contributed by atoms with Crippen LogP contribution in [-0.4, -0.2) is 16.4 Å². The third kappa shape index (κ3) is 1.13. The molecule has 0 amide bonds. The van der Waals surface area contributed by atoms with Gasteiger partial charge in [0.2, 0.25) is 0 Å². The summed E-state index contributed by atoms with van der Waals surface area (Å²) < 4.78 is 0. The van der Waals surface area contributed by atoms with Crippen molar-refractivity contribution in [3.05, 3.63) is 39.9 Å². The highest BCUT2D eigenvalue weighted by Crippen LogP contribution is 2.30. The highest BCUT2D eigenvalue weighted by atomic mass is 16.7. The molecule has 1 aromatic carbocycles. The third-order valence-electron chi connectivity index (χ3n) is 2.10. The second-order valence-corrected chi connectivity index (χ2v) is 2.90. The Labute approximate surface area is 74.3 Å². The summed E-state index contributed by atoms with van der Waals surface area (Å²) >= 11 is 0. The predicted octanol–water partition coefficient (Wildman–Crippen LogP) is 0.559. The van der Waals surface area contributed by atoms with Gasteiger partial charge in [-0.15, -0.1) is 0 Å². The Morgan fingerprint density at radius 1 is 1.54 bits per heavy atom. The second kappa shape index (κ2) is 2.70. The maximum absolute atomic E-state index is 10.5. The van der Waals surface area contributed by atoms with Crippen molar-refractivity contribution in [2.45, 2.75) is 12.6 Å². The topological polar surface area (TPSA) is 66.6 Å². The van der Waals surface area contributed by atoms with E-state index in [0.717, 1.165) is 10.6 Å². The van der Waals surface area contributed by atoms with Crippen LogP contribution in [0.25, 0.3) is 0 Å². The van der Waals surface area contributed by atoms with Crippen molar-refractivity contribution in [1.29, 1.82) is 0 Å². The molecule has 1 heterocycles. The van der Waals surface area contributed by atoms with Gasteiger partial charge in [0.1, 0.15) is 5.69 Å². The molecule has 0 spiro atoms. The zero-order valence-electron chi connectivity index (χ0n) is 6.75. The lowest BCUT2D eigenvalue weighted by Gasteiger charge is -2.10. The Kier molecular flexibility index (Phi) is 1.66. The zero-order chi connectivity index (χ0) is 9.42. The first-order chi connectivity index (χ1) is 6.20. The summed E-state index contributed by atoms with van der Waals surface area (Å²) in [6.07, 6.45) is -0.718. The Hall–Kier alpha value is -1.62. The van der Waals surface area contributed by atoms with Crippen LogP contribution in [0.15, 0.2) is 24.3 Å². The van der Waals surface area contributed by atoms with Crippen molar-refractivity contribution in [2.75, 3.05) is 5.01 Å². The summed E-state index contributed by atoms with van der Waals surface area (Å²) in [5.41, 5.74) is 1.30. The van der Waals surface area contributed by atoms with Crippen LogP contribution in [0.5, 0.6) is 0 Å². The number of anilines is 1. The maximum atomic E-state index is 10.5. The highest BCUT2D eigenvalue weighted by molar-refractivity contribution is 5.56. The molecular weight excluding hydrogens is 172 g/mol. The van der Waals surface area contributed by atoms with Crippen molar-refractivity contribution in [2.24, 2.45) is 0 Å². The van der Waals surface area contributed by atoms with Gasteiger partial charge in [0, 0.05) is 6.42 Å². The number of nitro groups is 1. The molecule has 5 nitrogen and oxygen atoms in total. The number of hydrogen-bond donors (Lipinski definition) is 1. The number of nitrogens with zero attached hydrogens (tertiary/aromatic N) is 2. The molecule has 0 aromatic heterocycles. The van der Waals surface area contributed by atoms with Crippen molar-refractivity contribution >= 4 is 5.69 Å². The van der Waals surface area contributed by atoms with Crippen LogP contribution in [0, 0.1) is 10.1 Å². The molecular formula is C8H8N2O3. The number of para-hydroxylation sites is 1. The normalized spacial score (nSPS) is 20.1. The van der Waals surface area contributed by atoms with E-state index in [9.17, 15) is 15.2 Å². The molecule has 1 aliphatic rings. The number of aliphatic hydroxyl groups is 1. The van der Waals surface area contributed by atoms with Crippen molar-refractivity contribution in [3.8, 4) is 0 Å². The van der Waals surface area contributed by atoms with Gasteiger partial charge in [-0.05, 0) is 11.6 Å². The van der Waals surface area contributed by atoms with E-state index in [1.165, 1.54) is 0 Å². The van der Waals surface area contributed by atoms with Gasteiger partial charge in [-0.1, -0.05) is 23.2 Å². The van der Waals surface area contributed by atoms with Gasteiger partial charge in [-0.2, -0.15) is 0 Å². The fraction of sp³-hybridized carbons (Fsp3) is 0.250. The molecule has 13 heavy (non-hydrogen) atoms. The van der Waals surface area contributed by atoms with Gasteiger partial charge in [0.15, 0.2) is 11.3 Å². The minimum absolute atomic E-state index is 0.317. The molecule has 1 aliphatic heterocycles. The van der Waals surface area contributed by atoms with Gasteiger partial charge in [-0.3, -0.25) is 0 Å². The van der Waals surface area contributed by atoms with E-state index in [-0.39, 0.29) is 0 Å². The summed E-state index contributed by atoms with van der Waals surface area (Å²) in [6, 6.07) is 6.93. The van der Waals surface area contributed by atoms with Gasteiger partial charge < -0.3 is 5.11 Å². The van der Waals surface area contributed by atoms with E-state index in [2.05, 4.69) is 0 Å². The number of hydrogen-bond acceptors (Lipinski definition) is 3. The monoisotopic (exact) mass is 180 g/mol. The molecule has 0 saturated heterocycles. The Balaban J connectivity index is 2.46. The molecule has 0 aliphatic carbocycles. The minimum Gasteiger partial charge on any atom is -0.368 e. The SMILES string of the molecule is O=[N+]([O-])N1c2ccccc2CC1O. The van der Waals surface area contributed by atoms with E-state index in [1.807, 2.05) is 0 Å². The highest BCUT2D eigenvalue weighted by Gasteiger charge is 2.35. The van der Waals surface area contributed by atoms with Crippen molar-refractivity contribution in [3.63, 3.8) is 0 Å². The second-order valence-electron chi connectivity index (χ2n) is 2.90. The molecule has 1 unspecified atom stereocenters. The first-order valence-corrected chi connectivity index (χ1v) is 3.89. The summed E-state index contributed by atoms with van der Waals surface area (Å²) in [5, 5.41) is 20.1. The molecule has 5 heteroatoms. The number of fused-ring (bicyclic) bond motifs is 1. The lowest BCUT2D eigenvalue weighted by molar-refractivity contribution is -0.506. The standard InChI is InChI=1S/C8H8N2O3/c11-8-5-6-3-1-2-4-7(6)9(8)10(12)13/h1-4,8,11H,5H2. The fourth-order valence-electron chi connectivity index (χ4n) is 1.55. The molecule has 0 bridgehead atoms. The van der Waals surface area contributed by atoms with Crippen LogP contribution in [0.4, 0.5) is 5.69 Å². The molecule has 0 radical (unpaired) electrons. The van der Waals surface area contributed by atoms with Gasteiger partial charge in [-0.25, -0.2) is 10.1 Å². The number of aliphatic hydroxyl groups excluding tert-OH is 1. The minimum atomic E-state index is -1.03. The van der Waals surface area contributed by atoms with Gasteiger partial charge in [0.05, 0.1) is 0 Å². The summed E-state index contributed by atoms with van der Waals surface area (Å²) in [6.45, 7) is 0. The number of benzene rings is 1. The number of hydrazine groups is 1. The Morgan fingerprint density at radius 2 is 2.23 bits per heavy atom. The Morgan fingerprint density at radius 3 is 2.92 bits per heavy atom. The van der Waals surface area contributed by atoms with Crippen LogP contribution in [0.2, 0.25) is 0 Å². The van der Waals surface area contributed by atoms with Crippen molar-refractivity contribution < 1.29 is 10.1 Å². The molecule has 0 saturated carbocycles. The van der Waals surface area contributed by atoms with Gasteiger partial charge >= 0.3 is 0 Å². The average Bonchev–Trinajstić information content (AvgIpc) is 2.39. The first kappa shape index (κ1) is 8.00. The first-order valence-electron chi connectivity index (χ1n) is 3.89. The smallest absolute Gasteiger partial charge is 0.194 e. The maximum Gasteiger partial charge on any atom is 0.194 e. The zero-order valence-corrected chi connectivity index (χ0v) is 6.75. The van der Waals surface area contributed by atoms with Gasteiger partial charge in [0.25, 0.3) is 0 Å². The van der Waals surface area contributed by atoms with Crippen molar-refractivity contribution in [1.82, 2.24) is 0 Å². The van der Waals surface area contributed by atoms with E-state index in [1.54, 1.807) is 24.3 Å². The van der Waals surface area contributed by atoms with E-state index >= 15 is 0 Å². The lowest BCUT2D eigenvalue weighted by atomic mass is 10.2. The molecule has 1 N–H and O–H groups in total. The Bertz CT molecular complexity index is 353. The van der Waals surface area contributed by atoms with E-state index < -0.39 is 11.3 Å². The fourth-order valence-corrected chi connectivity index (χ4v) is 1.55. The number of rotatable bonds is 1. The largest absolute Gasteiger partial charge is 0.368 e. The van der Waals surface area contributed by atoms with Crippen LogP contribution in [0.3, 0.4) is 0 Å². The predicted molar refractivity (Wildman–Crippen MR) is 45.6 cm³/mol. The van der Waals surface area contributed by atoms with Crippen LogP contribution >= 0.6 is 0 Å². The molecule has 68 valence electrons. The quantitative estimate of drug-likeness (QED) is 0.506. The molecule has 1 aromatic rings. The lowest BCUT2D eigenvalue weighted by Crippen LogP contribution is -2.36. The van der Waals surface area contributed by atoms with E-state index in [0.29, 0.717) is 12.1 Å². The van der Waals surface area contributed by atoms with Crippen LogP contribution in [0.1, 0.15) is 5.56 Å². The molecule has 2 rings (SSSR count). The average molecular weight is 180 g/mol. The van der Waals surface area contributed by atoms with Crippen LogP contribution in [-0.2, 0) is 6.42 Å². The van der Waals surface area contributed by atoms with Crippen LogP contribution < -0.4 is 5.01 Å². The summed E-state index contributed by atoms with van der Waals surface area (Å²) in [5.74, 6) is 0. The molecule has 1 atom stereocenters.